The van der Waals surface area contributed by atoms with Crippen molar-refractivity contribution in [1.29, 1.82) is 0 Å². The summed E-state index contributed by atoms with van der Waals surface area (Å²) in [5.41, 5.74) is -0.813. The molecule has 2 aromatic heterocycles. The zero-order valence-electron chi connectivity index (χ0n) is 22.2. The Labute approximate surface area is 220 Å². The number of aliphatic carboxylic acids is 2. The summed E-state index contributed by atoms with van der Waals surface area (Å²) in [6.45, 7) is 7.63. The van der Waals surface area contributed by atoms with E-state index in [-0.39, 0.29) is 11.2 Å². The van der Waals surface area contributed by atoms with Crippen LogP contribution in [-0.2, 0) is 29.7 Å². The number of likely N-dealkylation sites (tertiary alicyclic amines) is 1. The van der Waals surface area contributed by atoms with Crippen molar-refractivity contribution in [2.75, 3.05) is 19.6 Å². The second-order valence-corrected chi connectivity index (χ2v) is 9.43. The SMILES string of the molecule is CCCn1cnc2c1c(=O)n(CCCCC(C)(O)C#CCN1CCCC1)c(=O)n2C.O=C(O)/C=C/C(=O)O. The molecule has 1 aliphatic rings. The van der Waals surface area contributed by atoms with Crippen LogP contribution in [0.2, 0.25) is 0 Å². The number of hydrogen-bond donors (Lipinski definition) is 3. The molecule has 0 aromatic carbocycles. The number of aliphatic hydroxyl groups is 1. The number of imidazole rings is 1. The number of unbranched alkanes of at least 4 members (excludes halogenated alkanes) is 1. The Bertz CT molecular complexity index is 1300. The molecule has 208 valence electrons. The first-order valence-corrected chi connectivity index (χ1v) is 12.7. The van der Waals surface area contributed by atoms with Gasteiger partial charge in [0.25, 0.3) is 5.56 Å². The number of nitrogens with zero attached hydrogens (tertiary/aromatic N) is 5. The predicted molar refractivity (Wildman–Crippen MR) is 142 cm³/mol. The summed E-state index contributed by atoms with van der Waals surface area (Å²) in [4.78, 5) is 51.2. The van der Waals surface area contributed by atoms with Crippen LogP contribution in [0.25, 0.3) is 11.2 Å². The fourth-order valence-corrected chi connectivity index (χ4v) is 4.16. The maximum Gasteiger partial charge on any atom is 0.332 e. The van der Waals surface area contributed by atoms with Crippen molar-refractivity contribution in [2.24, 2.45) is 7.05 Å². The second-order valence-electron chi connectivity index (χ2n) is 9.43. The Morgan fingerprint density at radius 1 is 1.11 bits per heavy atom. The molecule has 1 atom stereocenters. The minimum Gasteiger partial charge on any atom is -0.478 e. The van der Waals surface area contributed by atoms with Crippen LogP contribution >= 0.6 is 0 Å². The van der Waals surface area contributed by atoms with Crippen molar-refractivity contribution >= 4 is 23.1 Å². The molecule has 1 unspecified atom stereocenters. The molecule has 0 radical (unpaired) electrons. The van der Waals surface area contributed by atoms with E-state index in [1.807, 2.05) is 11.5 Å². The average Bonchev–Trinajstić information content (AvgIpc) is 3.52. The lowest BCUT2D eigenvalue weighted by atomic mass is 9.99. The molecule has 0 saturated carbocycles. The van der Waals surface area contributed by atoms with Crippen LogP contribution in [-0.4, -0.2) is 76.1 Å². The zero-order valence-corrected chi connectivity index (χ0v) is 22.2. The molecule has 0 bridgehead atoms. The quantitative estimate of drug-likeness (QED) is 0.231. The summed E-state index contributed by atoms with van der Waals surface area (Å²) in [5, 5.41) is 26.1. The lowest BCUT2D eigenvalue weighted by Gasteiger charge is -2.17. The van der Waals surface area contributed by atoms with Crippen LogP contribution in [0.3, 0.4) is 0 Å². The molecule has 3 N–H and O–H groups in total. The Morgan fingerprint density at radius 2 is 1.74 bits per heavy atom. The fourth-order valence-electron chi connectivity index (χ4n) is 4.16. The van der Waals surface area contributed by atoms with Gasteiger partial charge in [-0.3, -0.25) is 18.8 Å². The summed E-state index contributed by atoms with van der Waals surface area (Å²) in [7, 11) is 1.64. The summed E-state index contributed by atoms with van der Waals surface area (Å²) in [6, 6.07) is 0. The predicted octanol–water partition coefficient (Wildman–Crippen LogP) is 1.04. The Balaban J connectivity index is 0.000000550. The second kappa shape index (κ2) is 14.3. The van der Waals surface area contributed by atoms with Crippen LogP contribution in [0.5, 0.6) is 0 Å². The molecule has 0 aliphatic carbocycles. The third kappa shape index (κ3) is 9.00. The molecule has 3 rings (SSSR count). The van der Waals surface area contributed by atoms with E-state index >= 15 is 0 Å². The Hall–Kier alpha value is -3.69. The molecule has 1 fully saturated rings. The highest BCUT2D eigenvalue weighted by Gasteiger charge is 2.18. The van der Waals surface area contributed by atoms with Crippen LogP contribution in [0.15, 0.2) is 28.1 Å². The van der Waals surface area contributed by atoms with Crippen molar-refractivity contribution in [2.45, 2.75) is 71.1 Å². The first-order valence-electron chi connectivity index (χ1n) is 12.7. The number of aromatic nitrogens is 4. The molecule has 12 nitrogen and oxygen atoms in total. The number of hydrogen-bond acceptors (Lipinski definition) is 7. The normalized spacial score (nSPS) is 15.1. The van der Waals surface area contributed by atoms with Gasteiger partial charge in [-0.1, -0.05) is 18.8 Å². The molecule has 1 saturated heterocycles. The van der Waals surface area contributed by atoms with E-state index in [2.05, 4.69) is 21.7 Å². The van der Waals surface area contributed by atoms with E-state index in [1.54, 1.807) is 20.3 Å². The van der Waals surface area contributed by atoms with Gasteiger partial charge in [0.1, 0.15) is 5.60 Å². The molecular formula is C26H37N5O7. The first kappa shape index (κ1) is 30.5. The Kier molecular flexibility index (Phi) is 11.5. The van der Waals surface area contributed by atoms with Crippen molar-refractivity contribution in [1.82, 2.24) is 23.6 Å². The van der Waals surface area contributed by atoms with Crippen LogP contribution in [0.1, 0.15) is 52.4 Å². The van der Waals surface area contributed by atoms with E-state index in [9.17, 15) is 24.3 Å². The highest BCUT2D eigenvalue weighted by atomic mass is 16.4. The monoisotopic (exact) mass is 531 g/mol. The molecule has 12 heteroatoms. The zero-order chi connectivity index (χ0) is 28.3. The van der Waals surface area contributed by atoms with E-state index in [1.165, 1.54) is 22.0 Å². The highest BCUT2D eigenvalue weighted by molar-refractivity contribution is 5.89. The van der Waals surface area contributed by atoms with Gasteiger partial charge in [-0.25, -0.2) is 19.4 Å². The number of carboxylic acids is 2. The fraction of sp³-hybridized carbons (Fsp3) is 0.577. The minimum absolute atomic E-state index is 0.295. The van der Waals surface area contributed by atoms with Gasteiger partial charge in [0.05, 0.1) is 12.9 Å². The third-order valence-electron chi connectivity index (χ3n) is 6.09. The van der Waals surface area contributed by atoms with Gasteiger partial charge in [0.2, 0.25) is 0 Å². The largest absolute Gasteiger partial charge is 0.478 e. The van der Waals surface area contributed by atoms with Crippen LogP contribution < -0.4 is 11.2 Å². The summed E-state index contributed by atoms with van der Waals surface area (Å²) >= 11 is 0. The number of carboxylic acid groups (broad SMARTS) is 2. The number of aryl methyl sites for hydroxylation is 2. The van der Waals surface area contributed by atoms with E-state index in [0.717, 1.165) is 19.5 Å². The molecule has 1 aliphatic heterocycles. The molecule has 38 heavy (non-hydrogen) atoms. The smallest absolute Gasteiger partial charge is 0.332 e. The molecule has 0 amide bonds. The maximum atomic E-state index is 12.9. The van der Waals surface area contributed by atoms with Gasteiger partial charge in [-0.2, -0.15) is 0 Å². The third-order valence-corrected chi connectivity index (χ3v) is 6.09. The standard InChI is InChI=1S/C22H33N5O3.C4H4O4/c1-4-12-26-17-23-19-18(26)20(28)27(21(29)24(19)3)16-6-5-10-22(2,30)11-9-15-25-13-7-8-14-25;5-3(6)1-2-4(7)8/h17,30H,4-8,10,12-16H2,1-3H3;1-2H,(H,5,6)(H,7,8)/b;2-1+. The molecule has 2 aromatic rings. The van der Waals surface area contributed by atoms with E-state index in [4.69, 9.17) is 10.2 Å². The summed E-state index contributed by atoms with van der Waals surface area (Å²) in [6.07, 6.45) is 7.86. The van der Waals surface area contributed by atoms with Gasteiger partial charge in [0.15, 0.2) is 11.2 Å². The van der Waals surface area contributed by atoms with Crippen molar-refractivity contribution in [3.8, 4) is 11.8 Å². The van der Waals surface area contributed by atoms with Gasteiger partial charge in [0, 0.05) is 32.3 Å². The highest BCUT2D eigenvalue weighted by Crippen LogP contribution is 2.13. The van der Waals surface area contributed by atoms with Gasteiger partial charge in [-0.15, -0.1) is 0 Å². The van der Waals surface area contributed by atoms with Crippen molar-refractivity contribution in [3.63, 3.8) is 0 Å². The number of rotatable bonds is 10. The number of fused-ring (bicyclic) bond motifs is 1. The lowest BCUT2D eigenvalue weighted by Crippen LogP contribution is -2.39. The molecule has 3 heterocycles. The minimum atomic E-state index is -1.26. The van der Waals surface area contributed by atoms with Crippen LogP contribution in [0, 0.1) is 11.8 Å². The summed E-state index contributed by atoms with van der Waals surface area (Å²) < 4.78 is 4.53. The van der Waals surface area contributed by atoms with E-state index in [0.29, 0.717) is 62.2 Å². The Morgan fingerprint density at radius 3 is 2.32 bits per heavy atom. The van der Waals surface area contributed by atoms with Crippen molar-refractivity contribution in [3.05, 3.63) is 39.3 Å². The lowest BCUT2D eigenvalue weighted by molar-refractivity contribution is -0.134. The van der Waals surface area contributed by atoms with Gasteiger partial charge < -0.3 is 19.9 Å². The van der Waals surface area contributed by atoms with Gasteiger partial charge >= 0.3 is 17.6 Å². The molecular weight excluding hydrogens is 494 g/mol. The van der Waals surface area contributed by atoms with Crippen LogP contribution in [0.4, 0.5) is 0 Å². The average molecular weight is 532 g/mol. The summed E-state index contributed by atoms with van der Waals surface area (Å²) in [5.74, 6) is 3.56. The van der Waals surface area contributed by atoms with Gasteiger partial charge in [-0.05, 0) is 58.5 Å². The first-order chi connectivity index (χ1) is 18.0. The van der Waals surface area contributed by atoms with Crippen molar-refractivity contribution < 1.29 is 24.9 Å². The van der Waals surface area contributed by atoms with E-state index < -0.39 is 17.5 Å². The maximum absolute atomic E-state index is 12.9. The molecule has 0 spiro atoms. The number of carbonyl (C=O) groups is 2. The topological polar surface area (TPSA) is 160 Å².